The molecule has 0 bridgehead atoms. The van der Waals surface area contributed by atoms with Crippen LogP contribution in [0.2, 0.25) is 0 Å². The second kappa shape index (κ2) is 8.59. The summed E-state index contributed by atoms with van der Waals surface area (Å²) < 4.78 is 45.9. The fourth-order valence-electron chi connectivity index (χ4n) is 6.66. The van der Waals surface area contributed by atoms with Crippen LogP contribution in [-0.4, -0.2) is 45.4 Å². The lowest BCUT2D eigenvalue weighted by Gasteiger charge is -2.24. The molecule has 0 N–H and O–H groups in total. The van der Waals surface area contributed by atoms with Crippen LogP contribution in [0.4, 0.5) is 4.39 Å². The molecule has 7 nitrogen and oxygen atoms in total. The number of piperidine rings is 1. The summed E-state index contributed by atoms with van der Waals surface area (Å²) in [5.41, 5.74) is 4.86. The van der Waals surface area contributed by atoms with E-state index in [2.05, 4.69) is 41.4 Å². The standard InChI is InChI=1S/C30H28FN5O2S/c1-3-34-14-13-28(33-34)39(37,38)35-18-26-29(21-7-5-4-6-8-21)30(26,19-35)25-16-22-17-32-36(27(22)15-20(25)2)24-11-9-23(31)10-12-24/h4-17,26,29H,3,18-19H2,1-2H3/t26-,29-,30+/m0/s1. The lowest BCUT2D eigenvalue weighted by atomic mass is 9.87. The first-order chi connectivity index (χ1) is 18.8. The number of aromatic nitrogens is 4. The van der Waals surface area contributed by atoms with Crippen LogP contribution in [0.1, 0.15) is 29.5 Å². The van der Waals surface area contributed by atoms with Crippen molar-refractivity contribution in [2.45, 2.75) is 36.8 Å². The van der Waals surface area contributed by atoms with Gasteiger partial charge in [0.05, 0.1) is 17.4 Å². The number of hydrogen-bond donors (Lipinski definition) is 0. The predicted octanol–water partition coefficient (Wildman–Crippen LogP) is 5.05. The van der Waals surface area contributed by atoms with Crippen molar-refractivity contribution in [2.75, 3.05) is 13.1 Å². The van der Waals surface area contributed by atoms with Gasteiger partial charge in [0.25, 0.3) is 10.0 Å². The molecule has 1 saturated heterocycles. The first-order valence-corrected chi connectivity index (χ1v) is 14.6. The third-order valence-electron chi connectivity index (χ3n) is 8.54. The molecule has 1 aliphatic carbocycles. The fourth-order valence-corrected chi connectivity index (χ4v) is 8.11. The highest BCUT2D eigenvalue weighted by atomic mass is 32.2. The van der Waals surface area contributed by atoms with Gasteiger partial charge in [-0.15, -0.1) is 0 Å². The molecule has 0 amide bonds. The van der Waals surface area contributed by atoms with Gasteiger partial charge in [0.2, 0.25) is 0 Å². The third-order valence-corrected chi connectivity index (χ3v) is 10.2. The summed E-state index contributed by atoms with van der Waals surface area (Å²) >= 11 is 0. The molecule has 2 aliphatic rings. The van der Waals surface area contributed by atoms with E-state index in [0.717, 1.165) is 27.7 Å². The minimum Gasteiger partial charge on any atom is -0.272 e. The largest absolute Gasteiger partial charge is 0.272 e. The Hall–Kier alpha value is -3.82. The van der Waals surface area contributed by atoms with Gasteiger partial charge in [-0.3, -0.25) is 4.68 Å². The summed E-state index contributed by atoms with van der Waals surface area (Å²) in [6.07, 6.45) is 3.54. The number of sulfonamides is 1. The molecule has 0 radical (unpaired) electrons. The second-order valence-corrected chi connectivity index (χ2v) is 12.5. The average molecular weight is 542 g/mol. The molecule has 3 atom stereocenters. The summed E-state index contributed by atoms with van der Waals surface area (Å²) in [5.74, 6) is 0.0922. The first kappa shape index (κ1) is 24.2. The van der Waals surface area contributed by atoms with Crippen LogP contribution in [-0.2, 0) is 22.0 Å². The SMILES string of the molecule is CCn1ccc(S(=O)(=O)N2C[C@H]3[C@H](c4ccccc4)[C@@]3(c3cc4cnn(-c5ccc(F)cc5)c4cc3C)C2)n1. The smallest absolute Gasteiger partial charge is 0.262 e. The molecule has 9 heteroatoms. The van der Waals surface area contributed by atoms with Crippen LogP contribution in [0.3, 0.4) is 0 Å². The van der Waals surface area contributed by atoms with E-state index >= 15 is 0 Å². The van der Waals surface area contributed by atoms with E-state index in [9.17, 15) is 12.8 Å². The lowest BCUT2D eigenvalue weighted by Crippen LogP contribution is -2.35. The van der Waals surface area contributed by atoms with Gasteiger partial charge in [-0.25, -0.2) is 17.5 Å². The molecule has 1 aliphatic heterocycles. The van der Waals surface area contributed by atoms with Crippen molar-refractivity contribution < 1.29 is 12.8 Å². The minimum absolute atomic E-state index is 0.102. The predicted molar refractivity (Wildman–Crippen MR) is 147 cm³/mol. The summed E-state index contributed by atoms with van der Waals surface area (Å²) in [6.45, 7) is 5.49. The molecule has 0 unspecified atom stereocenters. The van der Waals surface area contributed by atoms with Gasteiger partial charge in [-0.2, -0.15) is 14.5 Å². The Morgan fingerprint density at radius 2 is 1.82 bits per heavy atom. The Morgan fingerprint density at radius 3 is 2.54 bits per heavy atom. The summed E-state index contributed by atoms with van der Waals surface area (Å²) in [5, 5.41) is 9.97. The highest BCUT2D eigenvalue weighted by Gasteiger charge is 2.71. The number of fused-ring (bicyclic) bond motifs is 2. The average Bonchev–Trinajstić information content (AvgIpc) is 3.41. The third kappa shape index (κ3) is 3.60. The van der Waals surface area contributed by atoms with E-state index in [-0.39, 0.29) is 28.1 Å². The fraction of sp³-hybridized carbons (Fsp3) is 0.267. The van der Waals surface area contributed by atoms with Gasteiger partial charge in [-0.1, -0.05) is 30.3 Å². The zero-order valence-corrected chi connectivity index (χ0v) is 22.5. The molecule has 3 aromatic carbocycles. The monoisotopic (exact) mass is 541 g/mol. The summed E-state index contributed by atoms with van der Waals surface area (Å²) in [4.78, 5) is 0. The minimum atomic E-state index is -3.72. The number of halogens is 1. The summed E-state index contributed by atoms with van der Waals surface area (Å²) in [7, 11) is -3.72. The summed E-state index contributed by atoms with van der Waals surface area (Å²) in [6, 6.07) is 22.6. The topological polar surface area (TPSA) is 73.0 Å². The molecule has 39 heavy (non-hydrogen) atoms. The van der Waals surface area contributed by atoms with Crippen molar-refractivity contribution in [1.29, 1.82) is 0 Å². The molecule has 3 heterocycles. The number of benzene rings is 3. The molecule has 5 aromatic rings. The quantitative estimate of drug-likeness (QED) is 0.302. The number of rotatable bonds is 6. The van der Waals surface area contributed by atoms with Gasteiger partial charge in [0, 0.05) is 42.6 Å². The van der Waals surface area contributed by atoms with Crippen molar-refractivity contribution in [2.24, 2.45) is 5.92 Å². The van der Waals surface area contributed by atoms with Gasteiger partial charge in [-0.05, 0) is 78.9 Å². The number of nitrogens with zero attached hydrogens (tertiary/aromatic N) is 5. The molecular weight excluding hydrogens is 513 g/mol. The van der Waals surface area contributed by atoms with Crippen molar-refractivity contribution in [3.63, 3.8) is 0 Å². The Labute approximate surface area is 226 Å². The van der Waals surface area contributed by atoms with Gasteiger partial charge in [0.1, 0.15) is 5.82 Å². The lowest BCUT2D eigenvalue weighted by molar-refractivity contribution is 0.418. The highest BCUT2D eigenvalue weighted by Crippen LogP contribution is 2.70. The van der Waals surface area contributed by atoms with Gasteiger partial charge >= 0.3 is 0 Å². The van der Waals surface area contributed by atoms with Crippen LogP contribution in [0.25, 0.3) is 16.6 Å². The Bertz CT molecular complexity index is 1810. The van der Waals surface area contributed by atoms with Crippen LogP contribution in [0, 0.1) is 18.7 Å². The number of aryl methyl sites for hydroxylation is 2. The normalized spacial score (nSPS) is 22.8. The highest BCUT2D eigenvalue weighted by molar-refractivity contribution is 7.89. The molecule has 198 valence electrons. The van der Waals surface area contributed by atoms with E-state index in [1.165, 1.54) is 17.7 Å². The molecule has 2 aromatic heterocycles. The van der Waals surface area contributed by atoms with E-state index in [1.54, 1.807) is 33.4 Å². The molecule has 0 spiro atoms. The Kier molecular flexibility index (Phi) is 5.34. The molecule has 2 fully saturated rings. The maximum atomic E-state index is 13.6. The van der Waals surface area contributed by atoms with Crippen LogP contribution < -0.4 is 0 Å². The van der Waals surface area contributed by atoms with Gasteiger partial charge < -0.3 is 0 Å². The van der Waals surface area contributed by atoms with Crippen LogP contribution in [0.15, 0.2) is 90.2 Å². The van der Waals surface area contributed by atoms with E-state index in [4.69, 9.17) is 0 Å². The van der Waals surface area contributed by atoms with Crippen molar-refractivity contribution in [3.05, 3.63) is 108 Å². The Morgan fingerprint density at radius 1 is 1.05 bits per heavy atom. The van der Waals surface area contributed by atoms with Crippen LogP contribution >= 0.6 is 0 Å². The van der Waals surface area contributed by atoms with E-state index in [1.807, 2.05) is 36.0 Å². The maximum absolute atomic E-state index is 13.6. The van der Waals surface area contributed by atoms with Crippen molar-refractivity contribution in [1.82, 2.24) is 23.9 Å². The zero-order valence-electron chi connectivity index (χ0n) is 21.7. The Balaban J connectivity index is 1.32. The number of hydrogen-bond acceptors (Lipinski definition) is 4. The van der Waals surface area contributed by atoms with Crippen molar-refractivity contribution in [3.8, 4) is 5.69 Å². The molecule has 1 saturated carbocycles. The van der Waals surface area contributed by atoms with E-state index < -0.39 is 10.0 Å². The van der Waals surface area contributed by atoms with Crippen molar-refractivity contribution >= 4 is 20.9 Å². The molecule has 7 rings (SSSR count). The van der Waals surface area contributed by atoms with Crippen LogP contribution in [0.5, 0.6) is 0 Å². The zero-order chi connectivity index (χ0) is 26.9. The van der Waals surface area contributed by atoms with Gasteiger partial charge in [0.15, 0.2) is 5.03 Å². The van der Waals surface area contributed by atoms with E-state index in [0.29, 0.717) is 19.6 Å². The second-order valence-electron chi connectivity index (χ2n) is 10.6. The first-order valence-electron chi connectivity index (χ1n) is 13.2. The molecular formula is C30H28FN5O2S. The maximum Gasteiger partial charge on any atom is 0.262 e.